The topological polar surface area (TPSA) is 59.1 Å². The van der Waals surface area contributed by atoms with E-state index in [1.165, 1.54) is 0 Å². The number of nitrogens with two attached hydrogens (primary N) is 1. The molecule has 0 spiro atoms. The molecule has 0 saturated carbocycles. The van der Waals surface area contributed by atoms with Gasteiger partial charge in [-0.1, -0.05) is 15.9 Å². The average Bonchev–Trinajstić information content (AvgIpc) is 2.05. The van der Waals surface area contributed by atoms with E-state index >= 15 is 0 Å². The SMILES string of the molecule is NC(CCO)c1cnccc1Br. The zero-order chi connectivity index (χ0) is 8.97. The Hall–Kier alpha value is -0.450. The van der Waals surface area contributed by atoms with Crippen molar-refractivity contribution < 1.29 is 5.11 Å². The molecule has 0 bridgehead atoms. The van der Waals surface area contributed by atoms with Gasteiger partial charge in [0.2, 0.25) is 0 Å². The third-order valence-corrected chi connectivity index (χ3v) is 2.36. The first kappa shape index (κ1) is 9.64. The Labute approximate surface area is 79.7 Å². The number of halogens is 1. The lowest BCUT2D eigenvalue weighted by atomic mass is 10.1. The number of hydrogen-bond acceptors (Lipinski definition) is 3. The molecule has 1 unspecified atom stereocenters. The van der Waals surface area contributed by atoms with E-state index < -0.39 is 0 Å². The standard InChI is InChI=1S/C8H11BrN2O/c9-7-1-3-11-5-6(7)8(10)2-4-12/h1,3,5,8,12H,2,4,10H2. The minimum Gasteiger partial charge on any atom is -0.396 e. The predicted octanol–water partition coefficient (Wildman–Crippen LogP) is 1.23. The summed E-state index contributed by atoms with van der Waals surface area (Å²) in [6.07, 6.45) is 3.97. The normalized spacial score (nSPS) is 12.9. The van der Waals surface area contributed by atoms with E-state index in [0.29, 0.717) is 6.42 Å². The van der Waals surface area contributed by atoms with Crippen molar-refractivity contribution in [3.05, 3.63) is 28.5 Å². The molecule has 3 N–H and O–H groups in total. The summed E-state index contributed by atoms with van der Waals surface area (Å²) in [5.41, 5.74) is 6.71. The van der Waals surface area contributed by atoms with Crippen molar-refractivity contribution in [3.8, 4) is 0 Å². The summed E-state index contributed by atoms with van der Waals surface area (Å²) < 4.78 is 0.943. The highest BCUT2D eigenvalue weighted by atomic mass is 79.9. The number of rotatable bonds is 3. The fourth-order valence-electron chi connectivity index (χ4n) is 0.957. The molecule has 1 rings (SSSR count). The predicted molar refractivity (Wildman–Crippen MR) is 50.6 cm³/mol. The molecule has 0 fully saturated rings. The van der Waals surface area contributed by atoms with E-state index in [0.717, 1.165) is 10.0 Å². The lowest BCUT2D eigenvalue weighted by Gasteiger charge is -2.10. The van der Waals surface area contributed by atoms with E-state index in [4.69, 9.17) is 10.8 Å². The molecule has 0 aliphatic carbocycles. The van der Waals surface area contributed by atoms with Gasteiger partial charge >= 0.3 is 0 Å². The molecule has 0 radical (unpaired) electrons. The second-order valence-corrected chi connectivity index (χ2v) is 3.37. The Bertz CT molecular complexity index is 255. The number of aliphatic hydroxyl groups is 1. The van der Waals surface area contributed by atoms with Crippen LogP contribution in [0.25, 0.3) is 0 Å². The first-order valence-electron chi connectivity index (χ1n) is 3.71. The maximum absolute atomic E-state index is 8.67. The molecule has 0 saturated heterocycles. The van der Waals surface area contributed by atoms with Crippen LogP contribution in [0.5, 0.6) is 0 Å². The van der Waals surface area contributed by atoms with E-state index in [2.05, 4.69) is 20.9 Å². The van der Waals surface area contributed by atoms with Crippen LogP contribution in [0, 0.1) is 0 Å². The van der Waals surface area contributed by atoms with Gasteiger partial charge in [0.1, 0.15) is 0 Å². The van der Waals surface area contributed by atoms with Gasteiger partial charge in [-0.2, -0.15) is 0 Å². The van der Waals surface area contributed by atoms with E-state index in [1.54, 1.807) is 12.4 Å². The first-order valence-corrected chi connectivity index (χ1v) is 4.51. The average molecular weight is 231 g/mol. The molecule has 66 valence electrons. The van der Waals surface area contributed by atoms with Gasteiger partial charge in [-0.3, -0.25) is 4.98 Å². The summed E-state index contributed by atoms with van der Waals surface area (Å²) in [6.45, 7) is 0.0997. The number of aromatic nitrogens is 1. The van der Waals surface area contributed by atoms with Crippen molar-refractivity contribution in [3.63, 3.8) is 0 Å². The largest absolute Gasteiger partial charge is 0.396 e. The van der Waals surface area contributed by atoms with Gasteiger partial charge in [0.25, 0.3) is 0 Å². The second kappa shape index (κ2) is 4.54. The quantitative estimate of drug-likeness (QED) is 0.822. The van der Waals surface area contributed by atoms with Crippen molar-refractivity contribution in [2.45, 2.75) is 12.5 Å². The first-order chi connectivity index (χ1) is 5.75. The molecular formula is C8H11BrN2O. The fourth-order valence-corrected chi connectivity index (χ4v) is 1.47. The molecule has 1 aromatic rings. The number of aliphatic hydroxyl groups excluding tert-OH is 1. The Morgan fingerprint density at radius 3 is 3.00 bits per heavy atom. The van der Waals surface area contributed by atoms with Crippen molar-refractivity contribution in [2.24, 2.45) is 5.73 Å². The number of hydrogen-bond donors (Lipinski definition) is 2. The third kappa shape index (κ3) is 2.27. The van der Waals surface area contributed by atoms with Gasteiger partial charge in [-0.25, -0.2) is 0 Å². The molecule has 0 aromatic carbocycles. The van der Waals surface area contributed by atoms with E-state index in [-0.39, 0.29) is 12.6 Å². The van der Waals surface area contributed by atoms with Gasteiger partial charge in [0.05, 0.1) is 0 Å². The molecule has 12 heavy (non-hydrogen) atoms. The fraction of sp³-hybridized carbons (Fsp3) is 0.375. The lowest BCUT2D eigenvalue weighted by Crippen LogP contribution is -2.12. The molecule has 0 aliphatic rings. The molecule has 3 nitrogen and oxygen atoms in total. The van der Waals surface area contributed by atoms with Crippen molar-refractivity contribution in [2.75, 3.05) is 6.61 Å². The second-order valence-electron chi connectivity index (χ2n) is 2.52. The molecule has 0 aliphatic heterocycles. The van der Waals surface area contributed by atoms with E-state index in [9.17, 15) is 0 Å². The molecular weight excluding hydrogens is 220 g/mol. The summed E-state index contributed by atoms with van der Waals surface area (Å²) >= 11 is 3.37. The summed E-state index contributed by atoms with van der Waals surface area (Å²) in [4.78, 5) is 3.96. The Morgan fingerprint density at radius 2 is 2.42 bits per heavy atom. The number of nitrogens with zero attached hydrogens (tertiary/aromatic N) is 1. The van der Waals surface area contributed by atoms with Crippen molar-refractivity contribution in [1.29, 1.82) is 0 Å². The van der Waals surface area contributed by atoms with Crippen LogP contribution in [0.4, 0.5) is 0 Å². The maximum atomic E-state index is 8.67. The Balaban J connectivity index is 2.79. The van der Waals surface area contributed by atoms with Crippen LogP contribution in [-0.4, -0.2) is 16.7 Å². The van der Waals surface area contributed by atoms with Crippen LogP contribution in [-0.2, 0) is 0 Å². The number of pyridine rings is 1. The summed E-state index contributed by atoms with van der Waals surface area (Å²) in [6, 6.07) is 1.70. The van der Waals surface area contributed by atoms with Crippen LogP contribution in [0.15, 0.2) is 22.9 Å². The summed E-state index contributed by atoms with van der Waals surface area (Å²) in [7, 11) is 0. The highest BCUT2D eigenvalue weighted by molar-refractivity contribution is 9.10. The highest BCUT2D eigenvalue weighted by Crippen LogP contribution is 2.21. The molecule has 1 aromatic heterocycles. The molecule has 0 amide bonds. The Kier molecular flexibility index (Phi) is 3.65. The van der Waals surface area contributed by atoms with Crippen LogP contribution in [0.3, 0.4) is 0 Å². The van der Waals surface area contributed by atoms with Gasteiger partial charge in [0.15, 0.2) is 0 Å². The minimum absolute atomic E-state index is 0.0997. The van der Waals surface area contributed by atoms with Crippen molar-refractivity contribution >= 4 is 15.9 Å². The summed E-state index contributed by atoms with van der Waals surface area (Å²) in [5, 5.41) is 8.67. The summed E-state index contributed by atoms with van der Waals surface area (Å²) in [5.74, 6) is 0. The highest BCUT2D eigenvalue weighted by Gasteiger charge is 2.08. The van der Waals surface area contributed by atoms with Gasteiger partial charge in [-0.15, -0.1) is 0 Å². The Morgan fingerprint density at radius 1 is 1.67 bits per heavy atom. The zero-order valence-corrected chi connectivity index (χ0v) is 8.16. The zero-order valence-electron chi connectivity index (χ0n) is 6.57. The van der Waals surface area contributed by atoms with Crippen LogP contribution >= 0.6 is 15.9 Å². The van der Waals surface area contributed by atoms with E-state index in [1.807, 2.05) is 6.07 Å². The maximum Gasteiger partial charge on any atom is 0.0449 e. The molecule has 4 heteroatoms. The van der Waals surface area contributed by atoms with Crippen LogP contribution < -0.4 is 5.73 Å². The van der Waals surface area contributed by atoms with Crippen LogP contribution in [0.1, 0.15) is 18.0 Å². The molecule has 1 heterocycles. The smallest absolute Gasteiger partial charge is 0.0449 e. The van der Waals surface area contributed by atoms with Gasteiger partial charge in [0, 0.05) is 35.1 Å². The van der Waals surface area contributed by atoms with Crippen molar-refractivity contribution in [1.82, 2.24) is 4.98 Å². The van der Waals surface area contributed by atoms with Crippen LogP contribution in [0.2, 0.25) is 0 Å². The van der Waals surface area contributed by atoms with Gasteiger partial charge < -0.3 is 10.8 Å². The lowest BCUT2D eigenvalue weighted by molar-refractivity contribution is 0.276. The third-order valence-electron chi connectivity index (χ3n) is 1.64. The monoisotopic (exact) mass is 230 g/mol. The minimum atomic E-state index is -0.141. The van der Waals surface area contributed by atoms with Gasteiger partial charge in [-0.05, 0) is 12.5 Å². The molecule has 1 atom stereocenters.